The molecule has 0 aliphatic carbocycles. The van der Waals surface area contributed by atoms with Crippen LogP contribution in [0.5, 0.6) is 0 Å². The highest BCUT2D eigenvalue weighted by molar-refractivity contribution is 9.09. The van der Waals surface area contributed by atoms with Crippen molar-refractivity contribution in [1.29, 1.82) is 0 Å². The van der Waals surface area contributed by atoms with Crippen LogP contribution >= 0.6 is 27.3 Å². The Balaban J connectivity index is 2.88. The summed E-state index contributed by atoms with van der Waals surface area (Å²) in [5.74, 6) is -0.189. The molecule has 0 saturated heterocycles. The zero-order valence-electron chi connectivity index (χ0n) is 10.7. The number of sulfonamides is 1. The Bertz CT molecular complexity index is 543. The van der Waals surface area contributed by atoms with Crippen LogP contribution in [0.25, 0.3) is 0 Å². The average molecular weight is 371 g/mol. The lowest BCUT2D eigenvalue weighted by Crippen LogP contribution is -2.39. The molecule has 1 unspecified atom stereocenters. The van der Waals surface area contributed by atoms with Crippen LogP contribution in [0, 0.1) is 5.92 Å². The highest BCUT2D eigenvalue weighted by atomic mass is 79.9. The van der Waals surface area contributed by atoms with Crippen molar-refractivity contribution in [3.63, 3.8) is 0 Å². The fourth-order valence-corrected chi connectivity index (χ4v) is 4.59. The topological polar surface area (TPSA) is 101 Å². The molecule has 1 rings (SSSR count). The summed E-state index contributed by atoms with van der Waals surface area (Å²) in [6.45, 7) is 5.14. The van der Waals surface area contributed by atoms with Gasteiger partial charge < -0.3 is 5.32 Å². The first-order valence-corrected chi connectivity index (χ1v) is 8.87. The van der Waals surface area contributed by atoms with Crippen LogP contribution in [0.15, 0.2) is 4.34 Å². The summed E-state index contributed by atoms with van der Waals surface area (Å²) < 4.78 is 26.5. The summed E-state index contributed by atoms with van der Waals surface area (Å²) in [6, 6.07) is -0.238. The molecule has 1 heterocycles. The second kappa shape index (κ2) is 6.73. The van der Waals surface area contributed by atoms with Crippen molar-refractivity contribution in [1.82, 2.24) is 14.9 Å². The third kappa shape index (κ3) is 4.79. The van der Waals surface area contributed by atoms with Crippen molar-refractivity contribution in [2.24, 2.45) is 5.92 Å². The number of nitrogens with one attached hydrogen (secondary N) is 2. The Morgan fingerprint density at radius 2 is 2.05 bits per heavy atom. The summed E-state index contributed by atoms with van der Waals surface area (Å²) in [7, 11) is -3.72. The lowest BCUT2D eigenvalue weighted by Gasteiger charge is -2.18. The van der Waals surface area contributed by atoms with Gasteiger partial charge in [-0.2, -0.15) is 0 Å². The van der Waals surface area contributed by atoms with E-state index in [1.54, 1.807) is 0 Å². The number of aromatic nitrogens is 2. The number of carbonyl (C=O) groups is 1. The number of rotatable bonds is 6. The Hall–Kier alpha value is -0.580. The Kier molecular flexibility index (Phi) is 5.83. The van der Waals surface area contributed by atoms with E-state index >= 15 is 0 Å². The first-order valence-electron chi connectivity index (χ1n) is 5.45. The molecule has 1 atom stereocenters. The number of alkyl halides is 1. The third-order valence-electron chi connectivity index (χ3n) is 2.20. The predicted molar refractivity (Wildman–Crippen MR) is 77.0 cm³/mol. The molecule has 0 radical (unpaired) electrons. The van der Waals surface area contributed by atoms with Gasteiger partial charge >= 0.3 is 0 Å². The van der Waals surface area contributed by atoms with Gasteiger partial charge in [-0.05, 0) is 5.92 Å². The van der Waals surface area contributed by atoms with E-state index in [0.717, 1.165) is 11.3 Å². The molecule has 1 aromatic heterocycles. The van der Waals surface area contributed by atoms with Gasteiger partial charge in [0.15, 0.2) is 0 Å². The quantitative estimate of drug-likeness (QED) is 0.578. The molecule has 0 fully saturated rings. The Morgan fingerprint density at radius 1 is 1.42 bits per heavy atom. The van der Waals surface area contributed by atoms with E-state index in [2.05, 4.69) is 36.2 Å². The largest absolute Gasteiger partial charge is 0.301 e. The number of amides is 1. The maximum Gasteiger partial charge on any atom is 0.270 e. The Morgan fingerprint density at radius 3 is 2.53 bits per heavy atom. The summed E-state index contributed by atoms with van der Waals surface area (Å²) in [5.41, 5.74) is 0. The third-order valence-corrected chi connectivity index (χ3v) is 5.59. The number of carbonyl (C=O) groups excluding carboxylic acids is 1. The summed E-state index contributed by atoms with van der Waals surface area (Å²) in [4.78, 5) is 10.8. The number of hydrogen-bond donors (Lipinski definition) is 2. The van der Waals surface area contributed by atoms with Crippen LogP contribution in [-0.4, -0.2) is 35.9 Å². The molecule has 0 aromatic carbocycles. The van der Waals surface area contributed by atoms with Crippen LogP contribution in [0.4, 0.5) is 5.13 Å². The fourth-order valence-electron chi connectivity index (χ4n) is 1.11. The summed E-state index contributed by atoms with van der Waals surface area (Å²) >= 11 is 4.08. The SMILES string of the molecule is CC(=O)Nc1nnc(S(=O)(=O)NC(CBr)C(C)C)s1. The molecule has 108 valence electrons. The molecule has 0 bridgehead atoms. The average Bonchev–Trinajstić information content (AvgIpc) is 2.73. The lowest BCUT2D eigenvalue weighted by molar-refractivity contribution is -0.114. The van der Waals surface area contributed by atoms with Gasteiger partial charge in [-0.15, -0.1) is 10.2 Å². The number of halogens is 1. The second-order valence-corrected chi connectivity index (χ2v) is 7.69. The van der Waals surface area contributed by atoms with E-state index in [0.29, 0.717) is 5.33 Å². The van der Waals surface area contributed by atoms with E-state index in [4.69, 9.17) is 0 Å². The summed E-state index contributed by atoms with van der Waals surface area (Å²) in [6.07, 6.45) is 0. The van der Waals surface area contributed by atoms with Crippen molar-refractivity contribution < 1.29 is 13.2 Å². The van der Waals surface area contributed by atoms with E-state index in [-0.39, 0.29) is 27.3 Å². The van der Waals surface area contributed by atoms with Crippen molar-refractivity contribution in [2.45, 2.75) is 31.2 Å². The van der Waals surface area contributed by atoms with Crippen LogP contribution in [0.1, 0.15) is 20.8 Å². The maximum absolute atomic E-state index is 12.1. The van der Waals surface area contributed by atoms with Gasteiger partial charge in [0.05, 0.1) is 0 Å². The van der Waals surface area contributed by atoms with Crippen LogP contribution in [0.2, 0.25) is 0 Å². The number of anilines is 1. The van der Waals surface area contributed by atoms with Crippen molar-refractivity contribution in [3.8, 4) is 0 Å². The zero-order chi connectivity index (χ0) is 14.6. The standard InChI is InChI=1S/C9H15BrN4O3S2/c1-5(2)7(4-10)14-19(16,17)9-13-12-8(18-9)11-6(3)15/h5,7,14H,4H2,1-3H3,(H,11,12,15). The highest BCUT2D eigenvalue weighted by Crippen LogP contribution is 2.20. The Labute approximate surface area is 124 Å². The van der Waals surface area contributed by atoms with Gasteiger partial charge in [0.1, 0.15) is 0 Å². The minimum atomic E-state index is -3.72. The number of hydrogen-bond acceptors (Lipinski definition) is 6. The van der Waals surface area contributed by atoms with Gasteiger partial charge in [-0.3, -0.25) is 4.79 Å². The normalized spacial score (nSPS) is 13.5. The monoisotopic (exact) mass is 370 g/mol. The van der Waals surface area contributed by atoms with Crippen LogP contribution in [0.3, 0.4) is 0 Å². The lowest BCUT2D eigenvalue weighted by atomic mass is 10.1. The molecule has 19 heavy (non-hydrogen) atoms. The molecule has 0 aliphatic heterocycles. The minimum absolute atomic E-state index is 0.136. The molecule has 2 N–H and O–H groups in total. The molecule has 1 aromatic rings. The van der Waals surface area contributed by atoms with Crippen molar-refractivity contribution >= 4 is 48.3 Å². The van der Waals surface area contributed by atoms with E-state index < -0.39 is 10.0 Å². The molecular formula is C9H15BrN4O3S2. The minimum Gasteiger partial charge on any atom is -0.301 e. The molecular weight excluding hydrogens is 356 g/mol. The van der Waals surface area contributed by atoms with Crippen molar-refractivity contribution in [3.05, 3.63) is 0 Å². The first-order chi connectivity index (χ1) is 8.76. The molecule has 0 spiro atoms. The number of nitrogens with zero attached hydrogens (tertiary/aromatic N) is 2. The molecule has 7 nitrogen and oxygen atoms in total. The maximum atomic E-state index is 12.1. The summed E-state index contributed by atoms with van der Waals surface area (Å²) in [5, 5.41) is 10.2. The van der Waals surface area contributed by atoms with Crippen molar-refractivity contribution in [2.75, 3.05) is 10.6 Å². The highest BCUT2D eigenvalue weighted by Gasteiger charge is 2.25. The van der Waals surface area contributed by atoms with Gasteiger partial charge in [0, 0.05) is 18.3 Å². The molecule has 10 heteroatoms. The zero-order valence-corrected chi connectivity index (χ0v) is 13.9. The first kappa shape index (κ1) is 16.5. The smallest absolute Gasteiger partial charge is 0.270 e. The molecule has 0 aliphatic rings. The van der Waals surface area contributed by atoms with E-state index in [1.165, 1.54) is 6.92 Å². The molecule has 1 amide bonds. The van der Waals surface area contributed by atoms with Gasteiger partial charge in [-0.25, -0.2) is 13.1 Å². The van der Waals surface area contributed by atoms with Crippen LogP contribution < -0.4 is 10.0 Å². The second-order valence-electron chi connectivity index (χ2n) is 4.18. The van der Waals surface area contributed by atoms with E-state index in [9.17, 15) is 13.2 Å². The van der Waals surface area contributed by atoms with Gasteiger partial charge in [0.25, 0.3) is 10.0 Å². The fraction of sp³-hybridized carbons (Fsp3) is 0.667. The van der Waals surface area contributed by atoms with Gasteiger partial charge in [0.2, 0.25) is 15.4 Å². The van der Waals surface area contributed by atoms with Gasteiger partial charge in [-0.1, -0.05) is 41.1 Å². The predicted octanol–water partition coefficient (Wildman–Crippen LogP) is 1.19. The molecule has 0 saturated carbocycles. The van der Waals surface area contributed by atoms with Crippen LogP contribution in [-0.2, 0) is 14.8 Å². The van der Waals surface area contributed by atoms with E-state index in [1.807, 2.05) is 13.8 Å².